The summed E-state index contributed by atoms with van der Waals surface area (Å²) in [5, 5.41) is 16.4. The number of halogens is 2. The summed E-state index contributed by atoms with van der Waals surface area (Å²) in [6, 6.07) is 7.77. The Hall–Kier alpha value is -2.82. The number of thioether (sulfide) groups is 1. The van der Waals surface area contributed by atoms with E-state index in [4.69, 9.17) is 0 Å². The number of rotatable bonds is 8. The van der Waals surface area contributed by atoms with Crippen LogP contribution in [0.2, 0.25) is 0 Å². The molecule has 2 fully saturated rings. The highest BCUT2D eigenvalue weighted by Crippen LogP contribution is 2.45. The second kappa shape index (κ2) is 11.9. The van der Waals surface area contributed by atoms with E-state index in [1.807, 2.05) is 46.8 Å². The highest BCUT2D eigenvalue weighted by atomic mass is 32.2. The summed E-state index contributed by atoms with van der Waals surface area (Å²) in [7, 11) is 0. The van der Waals surface area contributed by atoms with Crippen molar-refractivity contribution in [3.05, 3.63) is 75.5 Å². The van der Waals surface area contributed by atoms with Gasteiger partial charge in [0.05, 0.1) is 33.7 Å². The number of aryl methyl sites for hydroxylation is 2. The van der Waals surface area contributed by atoms with Crippen LogP contribution in [0.3, 0.4) is 0 Å². The van der Waals surface area contributed by atoms with Gasteiger partial charge >= 0.3 is 0 Å². The molecule has 3 aliphatic rings. The molecule has 0 radical (unpaired) electrons. The third-order valence-corrected chi connectivity index (χ3v) is 10.3. The number of allylic oxidation sites excluding steroid dienone is 1. The first-order valence-electron chi connectivity index (χ1n) is 15.0. The molecule has 7 nitrogen and oxygen atoms in total. The van der Waals surface area contributed by atoms with Gasteiger partial charge in [0.1, 0.15) is 11.6 Å². The maximum atomic E-state index is 14.4. The summed E-state index contributed by atoms with van der Waals surface area (Å²) in [4.78, 5) is 34.5. The molecule has 1 saturated heterocycles. The second-order valence-corrected chi connectivity index (χ2v) is 14.7. The summed E-state index contributed by atoms with van der Waals surface area (Å²) in [5.74, 6) is -1.73. The van der Waals surface area contributed by atoms with Crippen LogP contribution >= 0.6 is 11.8 Å². The minimum Gasteiger partial charge on any atom is -0.390 e. The predicted octanol–water partition coefficient (Wildman–Crippen LogP) is 5.34. The van der Waals surface area contributed by atoms with Crippen LogP contribution < -0.4 is 10.6 Å². The Morgan fingerprint density at radius 3 is 2.49 bits per heavy atom. The molecule has 3 heterocycles. The van der Waals surface area contributed by atoms with Gasteiger partial charge in [0.2, 0.25) is 5.91 Å². The lowest BCUT2D eigenvalue weighted by atomic mass is 9.78. The van der Waals surface area contributed by atoms with Crippen LogP contribution in [-0.2, 0) is 15.1 Å². The third-order valence-electron chi connectivity index (χ3n) is 8.95. The number of benzene rings is 1. The summed E-state index contributed by atoms with van der Waals surface area (Å²) >= 11 is 1.26. The van der Waals surface area contributed by atoms with Crippen LogP contribution in [0.25, 0.3) is 0 Å². The Kier molecular flexibility index (Phi) is 8.77. The van der Waals surface area contributed by atoms with Crippen molar-refractivity contribution in [3.8, 4) is 0 Å². The molecule has 1 aromatic heterocycles. The maximum Gasteiger partial charge on any atom is 0.257 e. The van der Waals surface area contributed by atoms with E-state index < -0.39 is 28.3 Å². The molecular formula is C33H42F2N4O3S. The van der Waals surface area contributed by atoms with Gasteiger partial charge in [0.15, 0.2) is 0 Å². The molecule has 1 aromatic carbocycles. The minimum absolute atomic E-state index is 0.0991. The Labute approximate surface area is 256 Å². The molecule has 3 N–H and O–H groups in total. The van der Waals surface area contributed by atoms with Crippen molar-refractivity contribution in [1.29, 1.82) is 0 Å². The minimum atomic E-state index is -0.770. The Balaban J connectivity index is 1.28. The van der Waals surface area contributed by atoms with Gasteiger partial charge in [-0.05, 0) is 90.5 Å². The largest absolute Gasteiger partial charge is 0.390 e. The normalized spacial score (nSPS) is 25.5. The Bertz CT molecular complexity index is 1410. The smallest absolute Gasteiger partial charge is 0.257 e. The van der Waals surface area contributed by atoms with Gasteiger partial charge in [0.25, 0.3) is 5.91 Å². The average molecular weight is 613 g/mol. The summed E-state index contributed by atoms with van der Waals surface area (Å²) in [6.07, 6.45) is 5.50. The van der Waals surface area contributed by atoms with Gasteiger partial charge in [-0.25, -0.2) is 8.78 Å². The number of nitrogens with one attached hydrogen (secondary N) is 2. The number of carbonyl (C=O) groups is 2. The van der Waals surface area contributed by atoms with Gasteiger partial charge in [-0.15, -0.1) is 11.8 Å². The van der Waals surface area contributed by atoms with E-state index in [0.29, 0.717) is 30.0 Å². The average Bonchev–Trinajstić information content (AvgIpc) is 3.36. The molecule has 1 unspecified atom stereocenters. The number of aromatic nitrogens is 1. The van der Waals surface area contributed by atoms with E-state index in [1.54, 1.807) is 6.08 Å². The van der Waals surface area contributed by atoms with E-state index in [9.17, 15) is 23.5 Å². The monoisotopic (exact) mass is 612 g/mol. The van der Waals surface area contributed by atoms with E-state index in [1.165, 1.54) is 23.9 Å². The lowest BCUT2D eigenvalue weighted by Crippen LogP contribution is -2.73. The van der Waals surface area contributed by atoms with Crippen LogP contribution in [0.1, 0.15) is 87.1 Å². The molecule has 0 spiro atoms. The number of pyridine rings is 1. The number of likely N-dealkylation sites (tertiary alicyclic amines) is 1. The molecule has 2 aliphatic heterocycles. The number of aliphatic hydroxyl groups is 1. The number of hydrogen-bond acceptors (Lipinski definition) is 6. The third kappa shape index (κ3) is 7.29. The second-order valence-electron chi connectivity index (χ2n) is 13.5. The lowest BCUT2D eigenvalue weighted by Gasteiger charge is -2.55. The number of carbonyl (C=O) groups excluding carboxylic acids is 2. The summed E-state index contributed by atoms with van der Waals surface area (Å²) in [6.45, 7) is 10.7. The SMILES string of the molecule is Cc1cc(C)nc(C(C)(C)NC(=O)CC2(NC(=O)C3=CCC(c4ccc(F)cc4F)S3)CN(C3CCC(C)(O)CC3)C2)c1. The van der Waals surface area contributed by atoms with E-state index in [2.05, 4.69) is 20.5 Å². The van der Waals surface area contributed by atoms with Crippen molar-refractivity contribution in [2.75, 3.05) is 13.1 Å². The van der Waals surface area contributed by atoms with Crippen LogP contribution in [0.5, 0.6) is 0 Å². The quantitative estimate of drug-likeness (QED) is 0.373. The predicted molar refractivity (Wildman–Crippen MR) is 164 cm³/mol. The first kappa shape index (κ1) is 31.6. The highest BCUT2D eigenvalue weighted by Gasteiger charge is 2.49. The Morgan fingerprint density at radius 1 is 1.14 bits per heavy atom. The fourth-order valence-electron chi connectivity index (χ4n) is 6.61. The van der Waals surface area contributed by atoms with E-state index in [-0.39, 0.29) is 29.5 Å². The first-order valence-corrected chi connectivity index (χ1v) is 15.9. The van der Waals surface area contributed by atoms with Gasteiger partial charge in [-0.3, -0.25) is 19.5 Å². The number of amides is 2. The fraction of sp³-hybridized carbons (Fsp3) is 0.545. The highest BCUT2D eigenvalue weighted by molar-refractivity contribution is 8.04. The lowest BCUT2D eigenvalue weighted by molar-refractivity contribution is -0.131. The molecule has 43 heavy (non-hydrogen) atoms. The zero-order valence-electron chi connectivity index (χ0n) is 25.6. The molecular weight excluding hydrogens is 570 g/mol. The van der Waals surface area contributed by atoms with E-state index in [0.717, 1.165) is 48.7 Å². The van der Waals surface area contributed by atoms with Crippen molar-refractivity contribution in [2.24, 2.45) is 0 Å². The fourth-order valence-corrected chi connectivity index (χ4v) is 7.77. The molecule has 2 aromatic rings. The number of hydrogen-bond donors (Lipinski definition) is 3. The topological polar surface area (TPSA) is 94.6 Å². The zero-order valence-corrected chi connectivity index (χ0v) is 26.4. The van der Waals surface area contributed by atoms with Gasteiger partial charge < -0.3 is 15.7 Å². The van der Waals surface area contributed by atoms with E-state index >= 15 is 0 Å². The van der Waals surface area contributed by atoms with Crippen molar-refractivity contribution in [2.45, 2.75) is 101 Å². The summed E-state index contributed by atoms with van der Waals surface area (Å²) < 4.78 is 27.9. The van der Waals surface area contributed by atoms with Crippen molar-refractivity contribution in [3.63, 3.8) is 0 Å². The van der Waals surface area contributed by atoms with Crippen LogP contribution in [0.15, 0.2) is 41.3 Å². The van der Waals surface area contributed by atoms with Gasteiger partial charge in [-0.2, -0.15) is 0 Å². The zero-order chi connectivity index (χ0) is 31.2. The standard InChI is InChI=1S/C33H42F2N4O3S/c1-20-14-21(2)36-28(15-20)31(3,4)37-29(40)17-33(18-39(19-33)23-10-12-32(5,42)13-11-23)38-30(41)27-9-8-26(43-27)24-7-6-22(34)16-25(24)35/h6-7,9,14-16,23,26,42H,8,10-13,17-19H2,1-5H3,(H,37,40)(H,38,41). The van der Waals surface area contributed by atoms with Gasteiger partial charge in [0, 0.05) is 41.7 Å². The molecule has 10 heteroatoms. The van der Waals surface area contributed by atoms with Crippen LogP contribution in [0, 0.1) is 25.5 Å². The molecule has 1 saturated carbocycles. The Morgan fingerprint density at radius 2 is 1.84 bits per heavy atom. The summed E-state index contributed by atoms with van der Waals surface area (Å²) in [5.41, 5.74) is 0.950. The van der Waals surface area contributed by atoms with Crippen molar-refractivity contribution >= 4 is 23.6 Å². The van der Waals surface area contributed by atoms with Crippen molar-refractivity contribution in [1.82, 2.24) is 20.5 Å². The molecule has 0 bridgehead atoms. The van der Waals surface area contributed by atoms with Gasteiger partial charge in [-0.1, -0.05) is 12.1 Å². The molecule has 1 atom stereocenters. The molecule has 5 rings (SSSR count). The maximum absolute atomic E-state index is 14.4. The van der Waals surface area contributed by atoms with Crippen LogP contribution in [-0.4, -0.2) is 57.1 Å². The molecule has 1 aliphatic carbocycles. The van der Waals surface area contributed by atoms with Crippen LogP contribution in [0.4, 0.5) is 8.78 Å². The van der Waals surface area contributed by atoms with Crippen molar-refractivity contribution < 1.29 is 23.5 Å². The number of nitrogens with zero attached hydrogens (tertiary/aromatic N) is 2. The first-order chi connectivity index (χ1) is 20.1. The molecule has 232 valence electrons. The molecule has 2 amide bonds.